The lowest BCUT2D eigenvalue weighted by Gasteiger charge is -2.28. The van der Waals surface area contributed by atoms with Gasteiger partial charge in [0.25, 0.3) is 0 Å². The summed E-state index contributed by atoms with van der Waals surface area (Å²) in [5.41, 5.74) is 2.00. The van der Waals surface area contributed by atoms with Crippen LogP contribution in [-0.4, -0.2) is 42.2 Å². The summed E-state index contributed by atoms with van der Waals surface area (Å²) < 4.78 is 5.19. The molecule has 156 valence electrons. The number of rotatable bonds is 10. The lowest BCUT2D eigenvalue weighted by atomic mass is 10.1. The quantitative estimate of drug-likeness (QED) is 0.610. The van der Waals surface area contributed by atoms with Crippen LogP contribution in [0.3, 0.4) is 0 Å². The van der Waals surface area contributed by atoms with Gasteiger partial charge in [-0.1, -0.05) is 35.9 Å². The van der Waals surface area contributed by atoms with E-state index in [0.29, 0.717) is 23.9 Å². The molecular weight excluding hydrogens is 408 g/mol. The van der Waals surface area contributed by atoms with Crippen molar-refractivity contribution in [2.45, 2.75) is 32.2 Å². The first-order valence-electron chi connectivity index (χ1n) is 9.47. The van der Waals surface area contributed by atoms with Crippen LogP contribution in [0.15, 0.2) is 48.5 Å². The second-order valence-corrected chi connectivity index (χ2v) is 7.99. The van der Waals surface area contributed by atoms with Crippen LogP contribution in [0.1, 0.15) is 25.0 Å². The smallest absolute Gasteiger partial charge is 0.242 e. The van der Waals surface area contributed by atoms with Crippen LogP contribution in [0.4, 0.5) is 0 Å². The van der Waals surface area contributed by atoms with E-state index < -0.39 is 6.04 Å². The highest BCUT2D eigenvalue weighted by molar-refractivity contribution is 7.99. The Hall–Kier alpha value is -2.18. The molecule has 0 saturated heterocycles. The molecule has 2 aromatic rings. The highest BCUT2D eigenvalue weighted by atomic mass is 35.5. The molecule has 0 bridgehead atoms. The second-order valence-electron chi connectivity index (χ2n) is 6.56. The Labute approximate surface area is 181 Å². The van der Waals surface area contributed by atoms with Gasteiger partial charge in [-0.15, -0.1) is 11.8 Å². The summed E-state index contributed by atoms with van der Waals surface area (Å²) in [5, 5.41) is 3.48. The van der Waals surface area contributed by atoms with Gasteiger partial charge in [0, 0.05) is 23.9 Å². The summed E-state index contributed by atoms with van der Waals surface area (Å²) in [7, 11) is 1.61. The molecule has 0 aliphatic rings. The van der Waals surface area contributed by atoms with Gasteiger partial charge in [-0.25, -0.2) is 0 Å². The third-order valence-electron chi connectivity index (χ3n) is 4.41. The van der Waals surface area contributed by atoms with Crippen molar-refractivity contribution in [2.75, 3.05) is 19.4 Å². The number of thioether (sulfide) groups is 1. The Bertz CT molecular complexity index is 814. The Balaban J connectivity index is 2.05. The van der Waals surface area contributed by atoms with Crippen LogP contribution in [0.5, 0.6) is 5.75 Å². The van der Waals surface area contributed by atoms with Gasteiger partial charge in [0.15, 0.2) is 0 Å². The lowest BCUT2D eigenvalue weighted by Crippen LogP contribution is -2.48. The van der Waals surface area contributed by atoms with Crippen molar-refractivity contribution in [3.8, 4) is 5.75 Å². The number of nitrogens with one attached hydrogen (secondary N) is 1. The van der Waals surface area contributed by atoms with E-state index in [9.17, 15) is 9.59 Å². The molecule has 0 aliphatic carbocycles. The van der Waals surface area contributed by atoms with E-state index in [1.54, 1.807) is 18.9 Å². The Morgan fingerprint density at radius 1 is 1.17 bits per heavy atom. The maximum absolute atomic E-state index is 13.0. The maximum atomic E-state index is 13.0. The molecule has 0 saturated carbocycles. The Morgan fingerprint density at radius 3 is 2.52 bits per heavy atom. The van der Waals surface area contributed by atoms with Gasteiger partial charge in [-0.3, -0.25) is 9.59 Å². The Morgan fingerprint density at radius 2 is 1.90 bits per heavy atom. The second kappa shape index (κ2) is 11.7. The first kappa shape index (κ1) is 23.1. The van der Waals surface area contributed by atoms with Crippen molar-refractivity contribution in [1.82, 2.24) is 10.2 Å². The van der Waals surface area contributed by atoms with Crippen molar-refractivity contribution in [3.63, 3.8) is 0 Å². The van der Waals surface area contributed by atoms with Crippen LogP contribution in [0, 0.1) is 0 Å². The van der Waals surface area contributed by atoms with Gasteiger partial charge >= 0.3 is 0 Å². The molecule has 0 aliphatic heterocycles. The number of hydrogen-bond acceptors (Lipinski definition) is 4. The largest absolute Gasteiger partial charge is 0.497 e. The minimum Gasteiger partial charge on any atom is -0.497 e. The average Bonchev–Trinajstić information content (AvgIpc) is 2.72. The van der Waals surface area contributed by atoms with Crippen LogP contribution in [0.2, 0.25) is 5.02 Å². The molecule has 1 N–H and O–H groups in total. The van der Waals surface area contributed by atoms with E-state index in [1.807, 2.05) is 55.5 Å². The third-order valence-corrected chi connectivity index (χ3v) is 5.64. The third kappa shape index (κ3) is 7.29. The van der Waals surface area contributed by atoms with E-state index >= 15 is 0 Å². The fraction of sp³-hybridized carbons (Fsp3) is 0.364. The first-order valence-corrected chi connectivity index (χ1v) is 11.0. The summed E-state index contributed by atoms with van der Waals surface area (Å²) in [5.74, 6) is 1.48. The van der Waals surface area contributed by atoms with E-state index in [0.717, 1.165) is 16.9 Å². The molecule has 0 fully saturated rings. The number of benzene rings is 2. The summed E-state index contributed by atoms with van der Waals surface area (Å²) in [6.45, 7) is 4.51. The molecule has 5 nitrogen and oxygen atoms in total. The van der Waals surface area contributed by atoms with Gasteiger partial charge in [0.05, 0.1) is 12.9 Å². The molecule has 0 heterocycles. The van der Waals surface area contributed by atoms with E-state index in [1.165, 1.54) is 11.8 Å². The van der Waals surface area contributed by atoms with Crippen molar-refractivity contribution in [2.24, 2.45) is 0 Å². The van der Waals surface area contributed by atoms with Crippen LogP contribution >= 0.6 is 23.4 Å². The molecule has 29 heavy (non-hydrogen) atoms. The maximum Gasteiger partial charge on any atom is 0.242 e. The summed E-state index contributed by atoms with van der Waals surface area (Å²) in [4.78, 5) is 26.9. The molecular formula is C22H27ClN2O3S. The number of halogens is 1. The number of likely N-dealkylation sites (N-methyl/N-ethyl adjacent to an activating group) is 1. The number of hydrogen-bond donors (Lipinski definition) is 1. The molecule has 0 unspecified atom stereocenters. The normalized spacial score (nSPS) is 11.6. The van der Waals surface area contributed by atoms with Gasteiger partial charge in [0.1, 0.15) is 11.8 Å². The molecule has 0 radical (unpaired) electrons. The predicted octanol–water partition coefficient (Wildman–Crippen LogP) is 4.14. The minimum absolute atomic E-state index is 0.0772. The topological polar surface area (TPSA) is 58.6 Å². The van der Waals surface area contributed by atoms with Gasteiger partial charge < -0.3 is 15.0 Å². The molecule has 0 aromatic heterocycles. The summed E-state index contributed by atoms with van der Waals surface area (Å²) >= 11 is 7.53. The summed E-state index contributed by atoms with van der Waals surface area (Å²) in [6, 6.07) is 14.5. The van der Waals surface area contributed by atoms with Crippen molar-refractivity contribution >= 4 is 35.2 Å². The molecule has 0 spiro atoms. The standard InChI is InChI=1S/C22H27ClN2O3S/c1-4-24-22(27)16(2)25(13-17-8-10-20(28-3)11-9-17)21(26)15-29-14-18-6-5-7-19(23)12-18/h5-12,16H,4,13-15H2,1-3H3,(H,24,27)/t16-/m1/s1. The fourth-order valence-electron chi connectivity index (χ4n) is 2.80. The zero-order valence-corrected chi connectivity index (χ0v) is 18.6. The molecule has 1 atom stereocenters. The highest BCUT2D eigenvalue weighted by Gasteiger charge is 2.25. The molecule has 2 amide bonds. The number of methoxy groups -OCH3 is 1. The zero-order valence-electron chi connectivity index (χ0n) is 17.0. The SMILES string of the molecule is CCNC(=O)[C@@H](C)N(Cc1ccc(OC)cc1)C(=O)CSCc1cccc(Cl)c1. The van der Waals surface area contributed by atoms with Gasteiger partial charge in [-0.2, -0.15) is 0 Å². The average molecular weight is 435 g/mol. The molecule has 7 heteroatoms. The van der Waals surface area contributed by atoms with Gasteiger partial charge in [0.2, 0.25) is 11.8 Å². The van der Waals surface area contributed by atoms with Gasteiger partial charge in [-0.05, 0) is 49.2 Å². The number of carbonyl (C=O) groups excluding carboxylic acids is 2. The van der Waals surface area contributed by atoms with E-state index in [4.69, 9.17) is 16.3 Å². The van der Waals surface area contributed by atoms with Crippen LogP contribution < -0.4 is 10.1 Å². The highest BCUT2D eigenvalue weighted by Crippen LogP contribution is 2.19. The monoisotopic (exact) mass is 434 g/mol. The molecule has 2 aromatic carbocycles. The number of nitrogens with zero attached hydrogens (tertiary/aromatic N) is 1. The van der Waals surface area contributed by atoms with E-state index in [-0.39, 0.29) is 17.6 Å². The number of carbonyl (C=O) groups is 2. The first-order chi connectivity index (χ1) is 13.9. The summed E-state index contributed by atoms with van der Waals surface area (Å²) in [6.07, 6.45) is 0. The number of amides is 2. The number of ether oxygens (including phenoxy) is 1. The van der Waals surface area contributed by atoms with Crippen molar-refractivity contribution < 1.29 is 14.3 Å². The molecule has 2 rings (SSSR count). The van der Waals surface area contributed by atoms with Crippen molar-refractivity contribution in [1.29, 1.82) is 0 Å². The van der Waals surface area contributed by atoms with Crippen molar-refractivity contribution in [3.05, 3.63) is 64.7 Å². The fourth-order valence-corrected chi connectivity index (χ4v) is 3.87. The van der Waals surface area contributed by atoms with E-state index in [2.05, 4.69) is 5.32 Å². The predicted molar refractivity (Wildman–Crippen MR) is 119 cm³/mol. The minimum atomic E-state index is -0.559. The lowest BCUT2D eigenvalue weighted by molar-refractivity contribution is -0.138. The van der Waals surface area contributed by atoms with Crippen LogP contribution in [-0.2, 0) is 21.9 Å². The van der Waals surface area contributed by atoms with Crippen LogP contribution in [0.25, 0.3) is 0 Å². The Kier molecular flexibility index (Phi) is 9.35. The zero-order chi connectivity index (χ0) is 21.2.